The second-order valence-electron chi connectivity index (χ2n) is 5.00. The first-order chi connectivity index (χ1) is 9.15. The smallest absolute Gasteiger partial charge is 0.252 e. The van der Waals surface area contributed by atoms with Crippen molar-refractivity contribution in [1.29, 1.82) is 0 Å². The van der Waals surface area contributed by atoms with Gasteiger partial charge >= 0.3 is 0 Å². The van der Waals surface area contributed by atoms with Gasteiger partial charge in [-0.05, 0) is 31.2 Å². The Labute approximate surface area is 123 Å². The van der Waals surface area contributed by atoms with Crippen molar-refractivity contribution < 1.29 is 4.79 Å². The van der Waals surface area contributed by atoms with Crippen molar-refractivity contribution in [2.45, 2.75) is 36.9 Å². The van der Waals surface area contributed by atoms with E-state index in [1.165, 1.54) is 38.3 Å². The van der Waals surface area contributed by atoms with E-state index in [1.807, 2.05) is 11.8 Å². The molecule has 1 aliphatic rings. The molecule has 19 heavy (non-hydrogen) atoms. The Morgan fingerprint density at radius 2 is 2.16 bits per heavy atom. The van der Waals surface area contributed by atoms with Crippen LogP contribution in [0.1, 0.15) is 42.5 Å². The van der Waals surface area contributed by atoms with E-state index in [4.69, 9.17) is 11.6 Å². The molecule has 1 heterocycles. The van der Waals surface area contributed by atoms with Gasteiger partial charge in [-0.25, -0.2) is 4.98 Å². The second-order valence-corrected chi connectivity index (χ2v) is 6.66. The van der Waals surface area contributed by atoms with Crippen molar-refractivity contribution in [2.24, 2.45) is 0 Å². The number of carbonyl (C=O) groups excluding carboxylic acids is 1. The van der Waals surface area contributed by atoms with Crippen LogP contribution in [0.25, 0.3) is 0 Å². The van der Waals surface area contributed by atoms with Crippen LogP contribution in [0.4, 0.5) is 0 Å². The van der Waals surface area contributed by atoms with Crippen molar-refractivity contribution in [3.8, 4) is 0 Å². The van der Waals surface area contributed by atoms with Gasteiger partial charge in [0, 0.05) is 17.5 Å². The average Bonchev–Trinajstić information content (AvgIpc) is 2.46. The van der Waals surface area contributed by atoms with E-state index in [1.54, 1.807) is 12.1 Å². The van der Waals surface area contributed by atoms with Gasteiger partial charge in [-0.15, -0.1) is 0 Å². The molecule has 0 spiro atoms. The molecule has 1 saturated carbocycles. The lowest BCUT2D eigenvalue weighted by Crippen LogP contribution is -2.41. The fourth-order valence-corrected chi connectivity index (χ4v) is 3.53. The summed E-state index contributed by atoms with van der Waals surface area (Å²) in [6.45, 7) is 0.732. The lowest BCUT2D eigenvalue weighted by atomic mass is 9.88. The first kappa shape index (κ1) is 14.7. The van der Waals surface area contributed by atoms with Gasteiger partial charge in [0.05, 0.1) is 5.56 Å². The van der Waals surface area contributed by atoms with Crippen molar-refractivity contribution in [3.05, 3.63) is 29.0 Å². The lowest BCUT2D eigenvalue weighted by molar-refractivity contribution is 0.0946. The Bertz CT molecular complexity index is 430. The number of aromatic nitrogens is 1. The first-order valence-electron chi connectivity index (χ1n) is 6.60. The number of hydrogen-bond donors (Lipinski definition) is 1. The van der Waals surface area contributed by atoms with Crippen LogP contribution in [0.2, 0.25) is 5.15 Å². The Morgan fingerprint density at radius 3 is 2.74 bits per heavy atom. The third-order valence-electron chi connectivity index (χ3n) is 3.76. The molecule has 1 aliphatic carbocycles. The van der Waals surface area contributed by atoms with Crippen LogP contribution in [0, 0.1) is 0 Å². The van der Waals surface area contributed by atoms with E-state index in [0.29, 0.717) is 10.7 Å². The summed E-state index contributed by atoms with van der Waals surface area (Å²) in [4.78, 5) is 16.0. The predicted octanol–water partition coefficient (Wildman–Crippen LogP) is 3.53. The van der Waals surface area contributed by atoms with Crippen molar-refractivity contribution in [2.75, 3.05) is 12.8 Å². The Balaban J connectivity index is 1.93. The number of nitrogens with zero attached hydrogens (tertiary/aromatic N) is 1. The predicted molar refractivity (Wildman–Crippen MR) is 80.9 cm³/mol. The topological polar surface area (TPSA) is 42.0 Å². The van der Waals surface area contributed by atoms with Gasteiger partial charge in [0.25, 0.3) is 5.91 Å². The molecule has 0 atom stereocenters. The summed E-state index contributed by atoms with van der Waals surface area (Å²) in [6, 6.07) is 3.35. The van der Waals surface area contributed by atoms with Crippen molar-refractivity contribution in [3.63, 3.8) is 0 Å². The number of nitrogens with one attached hydrogen (secondary N) is 1. The van der Waals surface area contributed by atoms with Gasteiger partial charge in [0.2, 0.25) is 0 Å². The molecule has 5 heteroatoms. The summed E-state index contributed by atoms with van der Waals surface area (Å²) < 4.78 is 0.216. The molecule has 104 valence electrons. The Hall–Kier alpha value is -0.740. The Kier molecular flexibility index (Phi) is 5.11. The molecule has 0 aliphatic heterocycles. The first-order valence-corrected chi connectivity index (χ1v) is 8.20. The van der Waals surface area contributed by atoms with Crippen LogP contribution in [-0.4, -0.2) is 28.4 Å². The molecule has 1 aromatic heterocycles. The number of rotatable bonds is 4. The summed E-state index contributed by atoms with van der Waals surface area (Å²) >= 11 is 7.59. The SMILES string of the molecule is CSC1(CNC(=O)c2ccc(Cl)nc2)CCCCC1. The summed E-state index contributed by atoms with van der Waals surface area (Å²) in [7, 11) is 0. The third-order valence-corrected chi connectivity index (χ3v) is 5.40. The van der Waals surface area contributed by atoms with E-state index < -0.39 is 0 Å². The largest absolute Gasteiger partial charge is 0.351 e. The molecular weight excluding hydrogens is 280 g/mol. The van der Waals surface area contributed by atoms with Gasteiger partial charge in [0.1, 0.15) is 5.15 Å². The van der Waals surface area contributed by atoms with E-state index in [0.717, 1.165) is 6.54 Å². The Morgan fingerprint density at radius 1 is 1.42 bits per heavy atom. The van der Waals surface area contributed by atoms with Crippen molar-refractivity contribution in [1.82, 2.24) is 10.3 Å². The summed E-state index contributed by atoms with van der Waals surface area (Å²) in [6.07, 6.45) is 9.88. The summed E-state index contributed by atoms with van der Waals surface area (Å²) in [5, 5.41) is 3.44. The molecule has 0 saturated heterocycles. The minimum atomic E-state index is -0.0665. The number of hydrogen-bond acceptors (Lipinski definition) is 3. The molecule has 1 aromatic rings. The highest BCUT2D eigenvalue weighted by Crippen LogP contribution is 2.37. The number of carbonyl (C=O) groups is 1. The minimum absolute atomic E-state index is 0.0665. The van der Waals surface area contributed by atoms with Crippen LogP contribution in [0.5, 0.6) is 0 Å². The third kappa shape index (κ3) is 3.86. The molecule has 1 fully saturated rings. The monoisotopic (exact) mass is 298 g/mol. The van der Waals surface area contributed by atoms with E-state index in [9.17, 15) is 4.79 Å². The fraction of sp³-hybridized carbons (Fsp3) is 0.571. The minimum Gasteiger partial charge on any atom is -0.351 e. The highest BCUT2D eigenvalue weighted by molar-refractivity contribution is 8.00. The number of pyridine rings is 1. The normalized spacial score (nSPS) is 18.0. The number of thioether (sulfide) groups is 1. The molecule has 1 N–H and O–H groups in total. The molecular formula is C14H19ClN2OS. The van der Waals surface area contributed by atoms with Gasteiger partial charge < -0.3 is 5.32 Å². The zero-order valence-electron chi connectivity index (χ0n) is 11.1. The number of amides is 1. The van der Waals surface area contributed by atoms with Crippen LogP contribution >= 0.6 is 23.4 Å². The van der Waals surface area contributed by atoms with Crippen LogP contribution in [0.3, 0.4) is 0 Å². The van der Waals surface area contributed by atoms with E-state index in [-0.39, 0.29) is 10.7 Å². The maximum atomic E-state index is 12.1. The standard InChI is InChI=1S/C14H19ClN2OS/c1-19-14(7-3-2-4-8-14)10-17-13(18)11-5-6-12(15)16-9-11/h5-6,9H,2-4,7-8,10H2,1H3,(H,17,18). The molecule has 0 bridgehead atoms. The summed E-state index contributed by atoms with van der Waals surface area (Å²) in [5.74, 6) is -0.0665. The highest BCUT2D eigenvalue weighted by atomic mass is 35.5. The zero-order valence-corrected chi connectivity index (χ0v) is 12.7. The highest BCUT2D eigenvalue weighted by Gasteiger charge is 2.31. The van der Waals surface area contributed by atoms with Crippen LogP contribution in [0.15, 0.2) is 18.3 Å². The molecule has 0 aromatic carbocycles. The van der Waals surface area contributed by atoms with Gasteiger partial charge in [-0.1, -0.05) is 30.9 Å². The molecule has 0 radical (unpaired) electrons. The lowest BCUT2D eigenvalue weighted by Gasteiger charge is -2.35. The van der Waals surface area contributed by atoms with Gasteiger partial charge in [0.15, 0.2) is 0 Å². The fourth-order valence-electron chi connectivity index (χ4n) is 2.50. The quantitative estimate of drug-likeness (QED) is 0.865. The van der Waals surface area contributed by atoms with Gasteiger partial charge in [-0.2, -0.15) is 11.8 Å². The number of halogens is 1. The molecule has 2 rings (SSSR count). The van der Waals surface area contributed by atoms with Gasteiger partial charge in [-0.3, -0.25) is 4.79 Å². The van der Waals surface area contributed by atoms with Crippen molar-refractivity contribution >= 4 is 29.3 Å². The molecule has 3 nitrogen and oxygen atoms in total. The summed E-state index contributed by atoms with van der Waals surface area (Å²) in [5.41, 5.74) is 0.566. The van der Waals surface area contributed by atoms with Crippen LogP contribution in [-0.2, 0) is 0 Å². The second kappa shape index (κ2) is 6.62. The van der Waals surface area contributed by atoms with E-state index in [2.05, 4.69) is 16.6 Å². The molecule has 1 amide bonds. The molecule has 0 unspecified atom stereocenters. The average molecular weight is 299 g/mol. The van der Waals surface area contributed by atoms with E-state index >= 15 is 0 Å². The van der Waals surface area contributed by atoms with Crippen LogP contribution < -0.4 is 5.32 Å². The zero-order chi connectivity index (χ0) is 13.7. The maximum absolute atomic E-state index is 12.1. The maximum Gasteiger partial charge on any atom is 0.252 e.